The standard InChI is InChI=1S/C18H22O6/c1-5-8-22-15-7-6-12(9-13(15)11-21-4)10-14-16(19)23-18(2,3)24-17(14)20/h6-7,9-10H,5,8,11H2,1-4H3. The third-order valence-electron chi connectivity index (χ3n) is 3.27. The molecule has 1 heterocycles. The summed E-state index contributed by atoms with van der Waals surface area (Å²) in [6.07, 6.45) is 2.34. The van der Waals surface area contributed by atoms with Crippen molar-refractivity contribution < 1.29 is 28.5 Å². The lowest BCUT2D eigenvalue weighted by molar-refractivity contribution is -0.222. The summed E-state index contributed by atoms with van der Waals surface area (Å²) in [6.45, 7) is 6.01. The topological polar surface area (TPSA) is 71.1 Å². The summed E-state index contributed by atoms with van der Waals surface area (Å²) in [5, 5.41) is 0. The van der Waals surface area contributed by atoms with Gasteiger partial charge in [-0.1, -0.05) is 13.0 Å². The molecule has 1 aliphatic heterocycles. The van der Waals surface area contributed by atoms with E-state index < -0.39 is 17.7 Å². The lowest BCUT2D eigenvalue weighted by atomic mass is 10.1. The zero-order valence-electron chi connectivity index (χ0n) is 14.4. The first-order valence-electron chi connectivity index (χ1n) is 7.79. The quantitative estimate of drug-likeness (QED) is 0.452. The molecule has 0 unspecified atom stereocenters. The summed E-state index contributed by atoms with van der Waals surface area (Å²) in [7, 11) is 1.59. The monoisotopic (exact) mass is 334 g/mol. The summed E-state index contributed by atoms with van der Waals surface area (Å²) in [5.41, 5.74) is 1.35. The third kappa shape index (κ3) is 4.35. The Bertz CT molecular complexity index is 637. The first kappa shape index (κ1) is 18.0. The molecule has 0 N–H and O–H groups in total. The zero-order chi connectivity index (χ0) is 17.7. The van der Waals surface area contributed by atoms with Crippen molar-refractivity contribution in [3.8, 4) is 5.75 Å². The van der Waals surface area contributed by atoms with Gasteiger partial charge in [-0.15, -0.1) is 0 Å². The highest BCUT2D eigenvalue weighted by molar-refractivity contribution is 6.18. The van der Waals surface area contributed by atoms with E-state index in [1.165, 1.54) is 19.9 Å². The Morgan fingerprint density at radius 1 is 1.17 bits per heavy atom. The molecule has 6 nitrogen and oxygen atoms in total. The van der Waals surface area contributed by atoms with E-state index in [4.69, 9.17) is 18.9 Å². The van der Waals surface area contributed by atoms with Crippen LogP contribution in [0.3, 0.4) is 0 Å². The van der Waals surface area contributed by atoms with Gasteiger partial charge in [-0.3, -0.25) is 0 Å². The van der Waals surface area contributed by atoms with Gasteiger partial charge in [-0.2, -0.15) is 0 Å². The number of rotatable bonds is 6. The molecule has 0 amide bonds. The molecular formula is C18H22O6. The molecule has 0 aliphatic carbocycles. The van der Waals surface area contributed by atoms with Crippen LogP contribution in [0.5, 0.6) is 5.75 Å². The number of carbonyl (C=O) groups is 2. The van der Waals surface area contributed by atoms with Crippen molar-refractivity contribution in [2.75, 3.05) is 13.7 Å². The van der Waals surface area contributed by atoms with E-state index in [9.17, 15) is 9.59 Å². The second-order valence-corrected chi connectivity index (χ2v) is 5.89. The van der Waals surface area contributed by atoms with Crippen molar-refractivity contribution in [1.82, 2.24) is 0 Å². The minimum absolute atomic E-state index is 0.139. The molecule has 1 fully saturated rings. The largest absolute Gasteiger partial charge is 0.493 e. The predicted molar refractivity (Wildman–Crippen MR) is 87.2 cm³/mol. The van der Waals surface area contributed by atoms with Crippen molar-refractivity contribution in [1.29, 1.82) is 0 Å². The maximum Gasteiger partial charge on any atom is 0.348 e. The highest BCUT2D eigenvalue weighted by atomic mass is 16.7. The minimum atomic E-state index is -1.25. The zero-order valence-corrected chi connectivity index (χ0v) is 14.4. The number of benzene rings is 1. The van der Waals surface area contributed by atoms with Crippen LogP contribution in [0.25, 0.3) is 6.08 Å². The molecule has 0 aromatic heterocycles. The van der Waals surface area contributed by atoms with Gasteiger partial charge >= 0.3 is 11.9 Å². The molecule has 0 atom stereocenters. The Morgan fingerprint density at radius 3 is 2.42 bits per heavy atom. The highest BCUT2D eigenvalue weighted by Crippen LogP contribution is 2.26. The first-order valence-corrected chi connectivity index (χ1v) is 7.79. The van der Waals surface area contributed by atoms with Gasteiger partial charge in [0.15, 0.2) is 0 Å². The number of ether oxygens (including phenoxy) is 4. The molecule has 24 heavy (non-hydrogen) atoms. The normalized spacial score (nSPS) is 16.4. The fraction of sp³-hybridized carbons (Fsp3) is 0.444. The van der Waals surface area contributed by atoms with Gasteiger partial charge < -0.3 is 18.9 Å². The molecule has 6 heteroatoms. The summed E-state index contributed by atoms with van der Waals surface area (Å²) in [6, 6.07) is 5.36. The molecule has 0 saturated carbocycles. The maximum absolute atomic E-state index is 12.0. The van der Waals surface area contributed by atoms with Crippen LogP contribution in [-0.4, -0.2) is 31.4 Å². The van der Waals surface area contributed by atoms with Gasteiger partial charge in [0.25, 0.3) is 5.79 Å². The average molecular weight is 334 g/mol. The first-order chi connectivity index (χ1) is 11.4. The van der Waals surface area contributed by atoms with Crippen molar-refractivity contribution in [3.05, 3.63) is 34.9 Å². The van der Waals surface area contributed by atoms with Crippen LogP contribution in [0.2, 0.25) is 0 Å². The van der Waals surface area contributed by atoms with Crippen LogP contribution in [0.15, 0.2) is 23.8 Å². The fourth-order valence-corrected chi connectivity index (χ4v) is 2.26. The molecule has 1 aromatic carbocycles. The summed E-state index contributed by atoms with van der Waals surface area (Å²) >= 11 is 0. The van der Waals surface area contributed by atoms with Gasteiger partial charge in [0.05, 0.1) is 13.2 Å². The molecule has 1 aliphatic rings. The van der Waals surface area contributed by atoms with E-state index in [1.54, 1.807) is 19.2 Å². The van der Waals surface area contributed by atoms with Crippen LogP contribution < -0.4 is 4.74 Å². The summed E-state index contributed by atoms with van der Waals surface area (Å²) < 4.78 is 21.0. The summed E-state index contributed by atoms with van der Waals surface area (Å²) in [4.78, 5) is 24.0. The van der Waals surface area contributed by atoms with E-state index >= 15 is 0 Å². The van der Waals surface area contributed by atoms with E-state index in [0.717, 1.165) is 17.7 Å². The van der Waals surface area contributed by atoms with E-state index in [2.05, 4.69) is 0 Å². The molecule has 1 saturated heterocycles. The second kappa shape index (κ2) is 7.49. The van der Waals surface area contributed by atoms with Crippen LogP contribution >= 0.6 is 0 Å². The smallest absolute Gasteiger partial charge is 0.348 e. The van der Waals surface area contributed by atoms with Crippen LogP contribution in [0, 0.1) is 0 Å². The average Bonchev–Trinajstić information content (AvgIpc) is 2.49. The summed E-state index contributed by atoms with van der Waals surface area (Å²) in [5.74, 6) is -1.92. The molecular weight excluding hydrogens is 312 g/mol. The maximum atomic E-state index is 12.0. The number of cyclic esters (lactones) is 2. The van der Waals surface area contributed by atoms with E-state index in [1.807, 2.05) is 13.0 Å². The van der Waals surface area contributed by atoms with Crippen molar-refractivity contribution in [2.24, 2.45) is 0 Å². The van der Waals surface area contributed by atoms with E-state index in [0.29, 0.717) is 18.8 Å². The SMILES string of the molecule is CCCOc1ccc(C=C2C(=O)OC(C)(C)OC2=O)cc1COC. The van der Waals surface area contributed by atoms with E-state index in [-0.39, 0.29) is 5.57 Å². The minimum Gasteiger partial charge on any atom is -0.493 e. The Balaban J connectivity index is 2.30. The Morgan fingerprint density at radius 2 is 1.83 bits per heavy atom. The van der Waals surface area contributed by atoms with Crippen LogP contribution in [0.4, 0.5) is 0 Å². The molecule has 0 bridgehead atoms. The van der Waals surface area contributed by atoms with Crippen LogP contribution in [-0.2, 0) is 30.4 Å². The van der Waals surface area contributed by atoms with Gasteiger partial charge in [-0.05, 0) is 30.2 Å². The third-order valence-corrected chi connectivity index (χ3v) is 3.27. The molecule has 130 valence electrons. The Hall–Kier alpha value is -2.34. The number of carbonyl (C=O) groups excluding carboxylic acids is 2. The lowest BCUT2D eigenvalue weighted by Gasteiger charge is -2.29. The van der Waals surface area contributed by atoms with Gasteiger partial charge in [-0.25, -0.2) is 9.59 Å². The highest BCUT2D eigenvalue weighted by Gasteiger charge is 2.38. The molecule has 2 rings (SSSR count). The van der Waals surface area contributed by atoms with Crippen molar-refractivity contribution in [3.63, 3.8) is 0 Å². The second-order valence-electron chi connectivity index (χ2n) is 5.89. The number of methoxy groups -OCH3 is 1. The van der Waals surface area contributed by atoms with Gasteiger partial charge in [0.1, 0.15) is 11.3 Å². The van der Waals surface area contributed by atoms with Gasteiger partial charge in [0.2, 0.25) is 0 Å². The van der Waals surface area contributed by atoms with Gasteiger partial charge in [0, 0.05) is 26.5 Å². The van der Waals surface area contributed by atoms with Crippen molar-refractivity contribution >= 4 is 18.0 Å². The van der Waals surface area contributed by atoms with Crippen molar-refractivity contribution in [2.45, 2.75) is 39.6 Å². The Labute approximate surface area is 141 Å². The molecule has 1 aromatic rings. The molecule has 0 radical (unpaired) electrons. The van der Waals surface area contributed by atoms with Crippen LogP contribution in [0.1, 0.15) is 38.3 Å². The number of hydrogen-bond acceptors (Lipinski definition) is 6. The number of hydrogen-bond donors (Lipinski definition) is 0. The fourth-order valence-electron chi connectivity index (χ4n) is 2.26. The predicted octanol–water partition coefficient (Wildman–Crippen LogP) is 2.84. The molecule has 0 spiro atoms. The lowest BCUT2D eigenvalue weighted by Crippen LogP contribution is -2.41. The Kier molecular flexibility index (Phi) is 5.62. The number of esters is 2.